The molecule has 0 saturated carbocycles. The average Bonchev–Trinajstić information content (AvgIpc) is 2.47. The molecule has 1 heterocycles. The lowest BCUT2D eigenvalue weighted by Gasteiger charge is -2.11. The fraction of sp³-hybridized carbons (Fsp3) is 0.118. The molecule has 0 atom stereocenters. The maximum Gasteiger partial charge on any atom is 0.0760 e. The molecule has 1 aromatic heterocycles. The average molecular weight is 283 g/mol. The smallest absolute Gasteiger partial charge is 0.0760 e. The standard InChI is InChI=1S/C17H15ClN2/c1-11-8-13(18)9-14-16(19-2)10-15(20-17(11)14)12-6-4-3-5-7-12/h3-10H,1-2H3,(H,19,20). The summed E-state index contributed by atoms with van der Waals surface area (Å²) in [6, 6.07) is 16.2. The van der Waals surface area contributed by atoms with Gasteiger partial charge in [-0.25, -0.2) is 4.98 Å². The van der Waals surface area contributed by atoms with E-state index in [9.17, 15) is 0 Å². The van der Waals surface area contributed by atoms with Crippen molar-refractivity contribution in [3.05, 3.63) is 59.1 Å². The molecule has 2 aromatic carbocycles. The molecule has 0 aliphatic rings. The summed E-state index contributed by atoms with van der Waals surface area (Å²) in [6.45, 7) is 2.04. The number of hydrogen-bond donors (Lipinski definition) is 1. The van der Waals surface area contributed by atoms with Crippen molar-refractivity contribution in [1.29, 1.82) is 0 Å². The lowest BCUT2D eigenvalue weighted by atomic mass is 10.1. The molecule has 20 heavy (non-hydrogen) atoms. The minimum Gasteiger partial charge on any atom is -0.388 e. The molecule has 3 heteroatoms. The van der Waals surface area contributed by atoms with Crippen molar-refractivity contribution >= 4 is 28.2 Å². The van der Waals surface area contributed by atoms with Gasteiger partial charge in [-0.2, -0.15) is 0 Å². The van der Waals surface area contributed by atoms with Gasteiger partial charge in [-0.1, -0.05) is 41.9 Å². The molecule has 0 bridgehead atoms. The van der Waals surface area contributed by atoms with Gasteiger partial charge >= 0.3 is 0 Å². The molecule has 0 aliphatic heterocycles. The minimum absolute atomic E-state index is 0.737. The van der Waals surface area contributed by atoms with Crippen LogP contribution in [0.3, 0.4) is 0 Å². The minimum atomic E-state index is 0.737. The Balaban J connectivity index is 2.32. The van der Waals surface area contributed by atoms with Crippen molar-refractivity contribution in [1.82, 2.24) is 4.98 Å². The van der Waals surface area contributed by atoms with E-state index in [-0.39, 0.29) is 0 Å². The molecule has 3 aromatic rings. The molecular weight excluding hydrogens is 268 g/mol. The van der Waals surface area contributed by atoms with Gasteiger partial charge in [0.05, 0.1) is 11.2 Å². The first-order chi connectivity index (χ1) is 9.69. The van der Waals surface area contributed by atoms with Crippen molar-refractivity contribution in [2.45, 2.75) is 6.92 Å². The van der Waals surface area contributed by atoms with Gasteiger partial charge in [0.15, 0.2) is 0 Å². The summed E-state index contributed by atoms with van der Waals surface area (Å²) in [5.41, 5.74) is 5.19. The molecule has 1 N–H and O–H groups in total. The summed E-state index contributed by atoms with van der Waals surface area (Å²) in [5.74, 6) is 0. The van der Waals surface area contributed by atoms with E-state index in [2.05, 4.69) is 23.5 Å². The Kier molecular flexibility index (Phi) is 3.33. The molecule has 0 unspecified atom stereocenters. The van der Waals surface area contributed by atoms with Crippen LogP contribution in [0.2, 0.25) is 5.02 Å². The molecule has 0 radical (unpaired) electrons. The summed E-state index contributed by atoms with van der Waals surface area (Å²) in [4.78, 5) is 4.80. The number of aromatic nitrogens is 1. The Bertz CT molecular complexity index is 767. The maximum absolute atomic E-state index is 6.15. The van der Waals surface area contributed by atoms with Crippen molar-refractivity contribution in [3.8, 4) is 11.3 Å². The largest absolute Gasteiger partial charge is 0.388 e. The van der Waals surface area contributed by atoms with Gasteiger partial charge in [-0.3, -0.25) is 0 Å². The number of nitrogens with one attached hydrogen (secondary N) is 1. The molecule has 0 saturated heterocycles. The van der Waals surface area contributed by atoms with Crippen LogP contribution in [0.5, 0.6) is 0 Å². The van der Waals surface area contributed by atoms with E-state index in [0.717, 1.165) is 38.4 Å². The summed E-state index contributed by atoms with van der Waals surface area (Å²) in [7, 11) is 1.92. The van der Waals surface area contributed by atoms with Gasteiger partial charge in [0.2, 0.25) is 0 Å². The number of fused-ring (bicyclic) bond motifs is 1. The Morgan fingerprint density at radius 1 is 1.05 bits per heavy atom. The molecule has 0 aliphatic carbocycles. The number of anilines is 1. The summed E-state index contributed by atoms with van der Waals surface area (Å²) < 4.78 is 0. The van der Waals surface area contributed by atoms with E-state index in [1.165, 1.54) is 0 Å². The van der Waals surface area contributed by atoms with Gasteiger partial charge in [0, 0.05) is 28.7 Å². The predicted octanol–water partition coefficient (Wildman–Crippen LogP) is 4.91. The second-order valence-electron chi connectivity index (χ2n) is 4.79. The van der Waals surface area contributed by atoms with Crippen LogP contribution in [0.1, 0.15) is 5.56 Å². The van der Waals surface area contributed by atoms with Gasteiger partial charge in [-0.05, 0) is 30.7 Å². The van der Waals surface area contributed by atoms with E-state index in [0.29, 0.717) is 0 Å². The van der Waals surface area contributed by atoms with Crippen molar-refractivity contribution in [2.75, 3.05) is 12.4 Å². The number of pyridine rings is 1. The van der Waals surface area contributed by atoms with Crippen LogP contribution in [0.15, 0.2) is 48.5 Å². The summed E-state index contributed by atoms with van der Waals surface area (Å²) >= 11 is 6.15. The lowest BCUT2D eigenvalue weighted by molar-refractivity contribution is 1.35. The number of hydrogen-bond acceptors (Lipinski definition) is 2. The van der Waals surface area contributed by atoms with Crippen LogP contribution in [0, 0.1) is 6.92 Å². The highest BCUT2D eigenvalue weighted by atomic mass is 35.5. The molecule has 0 spiro atoms. The van der Waals surface area contributed by atoms with Gasteiger partial charge < -0.3 is 5.32 Å². The third-order valence-electron chi connectivity index (χ3n) is 3.41. The number of rotatable bonds is 2. The van der Waals surface area contributed by atoms with E-state index < -0.39 is 0 Å². The molecular formula is C17H15ClN2. The quantitative estimate of drug-likeness (QED) is 0.723. The Morgan fingerprint density at radius 2 is 1.80 bits per heavy atom. The van der Waals surface area contributed by atoms with Crippen molar-refractivity contribution in [2.24, 2.45) is 0 Å². The third-order valence-corrected chi connectivity index (χ3v) is 3.63. The highest BCUT2D eigenvalue weighted by Gasteiger charge is 2.09. The number of halogens is 1. The van der Waals surface area contributed by atoms with E-state index in [1.807, 2.05) is 44.3 Å². The third kappa shape index (κ3) is 2.23. The van der Waals surface area contributed by atoms with Crippen LogP contribution in [-0.2, 0) is 0 Å². The van der Waals surface area contributed by atoms with E-state index in [1.54, 1.807) is 0 Å². The Hall–Kier alpha value is -2.06. The predicted molar refractivity (Wildman–Crippen MR) is 86.5 cm³/mol. The Morgan fingerprint density at radius 3 is 2.50 bits per heavy atom. The number of benzene rings is 2. The first kappa shape index (κ1) is 12.9. The zero-order valence-electron chi connectivity index (χ0n) is 11.4. The van der Waals surface area contributed by atoms with Crippen molar-refractivity contribution < 1.29 is 0 Å². The second kappa shape index (κ2) is 5.14. The summed E-state index contributed by atoms with van der Waals surface area (Å²) in [6.07, 6.45) is 0. The van der Waals surface area contributed by atoms with Crippen LogP contribution in [0.4, 0.5) is 5.69 Å². The Labute approximate surface area is 123 Å². The van der Waals surface area contributed by atoms with Gasteiger partial charge in [0.1, 0.15) is 0 Å². The zero-order valence-corrected chi connectivity index (χ0v) is 12.2. The van der Waals surface area contributed by atoms with E-state index in [4.69, 9.17) is 16.6 Å². The summed E-state index contributed by atoms with van der Waals surface area (Å²) in [5, 5.41) is 5.03. The molecule has 100 valence electrons. The monoisotopic (exact) mass is 282 g/mol. The fourth-order valence-electron chi connectivity index (χ4n) is 2.42. The highest BCUT2D eigenvalue weighted by molar-refractivity contribution is 6.31. The topological polar surface area (TPSA) is 24.9 Å². The molecule has 3 rings (SSSR count). The molecule has 0 amide bonds. The van der Waals surface area contributed by atoms with Gasteiger partial charge in [0.25, 0.3) is 0 Å². The molecule has 2 nitrogen and oxygen atoms in total. The molecule has 0 fully saturated rings. The first-order valence-corrected chi connectivity index (χ1v) is 6.91. The van der Waals surface area contributed by atoms with Crippen LogP contribution in [0.25, 0.3) is 22.2 Å². The second-order valence-corrected chi connectivity index (χ2v) is 5.23. The van der Waals surface area contributed by atoms with Crippen LogP contribution < -0.4 is 5.32 Å². The lowest BCUT2D eigenvalue weighted by Crippen LogP contribution is -1.95. The normalized spacial score (nSPS) is 10.8. The highest BCUT2D eigenvalue weighted by Crippen LogP contribution is 2.31. The van der Waals surface area contributed by atoms with Crippen molar-refractivity contribution in [3.63, 3.8) is 0 Å². The van der Waals surface area contributed by atoms with Gasteiger partial charge in [-0.15, -0.1) is 0 Å². The number of aryl methyl sites for hydroxylation is 1. The maximum atomic E-state index is 6.15. The van der Waals surface area contributed by atoms with Crippen LogP contribution in [-0.4, -0.2) is 12.0 Å². The van der Waals surface area contributed by atoms with E-state index >= 15 is 0 Å². The zero-order chi connectivity index (χ0) is 14.1. The SMILES string of the molecule is CNc1cc(-c2ccccc2)nc2c(C)cc(Cl)cc12. The van der Waals surface area contributed by atoms with Crippen LogP contribution >= 0.6 is 11.6 Å². The fourth-order valence-corrected chi connectivity index (χ4v) is 2.69. The first-order valence-electron chi connectivity index (χ1n) is 6.53. The number of nitrogens with zero attached hydrogens (tertiary/aromatic N) is 1.